The summed E-state index contributed by atoms with van der Waals surface area (Å²) in [6, 6.07) is 14.3. The highest BCUT2D eigenvalue weighted by Gasteiger charge is 2.35. The van der Waals surface area contributed by atoms with Crippen molar-refractivity contribution in [3.05, 3.63) is 71.3 Å². The Morgan fingerprint density at radius 2 is 1.85 bits per heavy atom. The molecule has 1 saturated heterocycles. The van der Waals surface area contributed by atoms with Crippen LogP contribution in [0.4, 0.5) is 8.78 Å². The first-order valence-corrected chi connectivity index (χ1v) is 9.20. The monoisotopic (exact) mass is 355 g/mol. The molecule has 2 unspecified atom stereocenters. The minimum Gasteiger partial charge on any atom is -0.494 e. The fourth-order valence-corrected chi connectivity index (χ4v) is 4.30. The molecule has 26 heavy (non-hydrogen) atoms. The van der Waals surface area contributed by atoms with Gasteiger partial charge in [0.25, 0.3) is 0 Å². The number of methoxy groups -OCH3 is 1. The molecule has 0 aromatic heterocycles. The lowest BCUT2D eigenvalue weighted by atomic mass is 9.82. The van der Waals surface area contributed by atoms with E-state index in [2.05, 4.69) is 35.2 Å². The fraction of sp³-hybridized carbons (Fsp3) is 0.364. The molecule has 0 N–H and O–H groups in total. The van der Waals surface area contributed by atoms with Crippen molar-refractivity contribution in [2.75, 3.05) is 7.11 Å². The van der Waals surface area contributed by atoms with Gasteiger partial charge < -0.3 is 4.74 Å². The first-order valence-electron chi connectivity index (χ1n) is 9.20. The number of benzene rings is 2. The Morgan fingerprint density at radius 1 is 1.04 bits per heavy atom. The van der Waals surface area contributed by atoms with Crippen LogP contribution in [-0.4, -0.2) is 24.1 Å². The number of piperidine rings is 1. The summed E-state index contributed by atoms with van der Waals surface area (Å²) in [6.07, 6.45) is 6.24. The molecule has 0 spiro atoms. The maximum Gasteiger partial charge on any atom is 0.201 e. The van der Waals surface area contributed by atoms with Gasteiger partial charge in [0.05, 0.1) is 7.11 Å². The number of halogens is 2. The van der Waals surface area contributed by atoms with Gasteiger partial charge in [0.1, 0.15) is 0 Å². The second-order valence-electron chi connectivity index (χ2n) is 7.15. The zero-order valence-corrected chi connectivity index (χ0v) is 14.9. The third-order valence-electron chi connectivity index (χ3n) is 5.60. The summed E-state index contributed by atoms with van der Waals surface area (Å²) in [6.45, 7) is 0.902. The summed E-state index contributed by atoms with van der Waals surface area (Å²) in [5.74, 6) is -1.75. The smallest absolute Gasteiger partial charge is 0.201 e. The van der Waals surface area contributed by atoms with Gasteiger partial charge >= 0.3 is 0 Å². The van der Waals surface area contributed by atoms with E-state index in [-0.39, 0.29) is 11.8 Å². The van der Waals surface area contributed by atoms with Crippen molar-refractivity contribution >= 4 is 5.57 Å². The van der Waals surface area contributed by atoms with E-state index in [1.54, 1.807) is 6.07 Å². The van der Waals surface area contributed by atoms with Crippen molar-refractivity contribution in [3.8, 4) is 5.75 Å². The van der Waals surface area contributed by atoms with Gasteiger partial charge in [-0.3, -0.25) is 4.90 Å². The highest BCUT2D eigenvalue weighted by atomic mass is 19.2. The average molecular weight is 355 g/mol. The number of rotatable bonds is 4. The minimum absolute atomic E-state index is 0.0476. The lowest BCUT2D eigenvalue weighted by molar-refractivity contribution is 0.0950. The Balaban J connectivity index is 1.64. The van der Waals surface area contributed by atoms with Crippen molar-refractivity contribution in [1.29, 1.82) is 0 Å². The number of ether oxygens (including phenoxy) is 1. The van der Waals surface area contributed by atoms with Gasteiger partial charge in [0.2, 0.25) is 5.82 Å². The highest BCUT2D eigenvalue weighted by Crippen LogP contribution is 2.39. The van der Waals surface area contributed by atoms with Gasteiger partial charge in [-0.25, -0.2) is 4.39 Å². The molecular formula is C22H23F2NO. The summed E-state index contributed by atoms with van der Waals surface area (Å²) < 4.78 is 33.6. The molecule has 2 aromatic carbocycles. The molecule has 2 nitrogen and oxygen atoms in total. The SMILES string of the molecule is COc1ccc(C2=CC3CCCC(C2)N3Cc2ccccc2)c(F)c1F. The number of hydrogen-bond donors (Lipinski definition) is 0. The van der Waals surface area contributed by atoms with E-state index >= 15 is 0 Å². The Bertz CT molecular complexity index is 818. The Hall–Kier alpha value is -2.20. The van der Waals surface area contributed by atoms with Gasteiger partial charge in [-0.1, -0.05) is 42.8 Å². The molecule has 4 heteroatoms. The van der Waals surface area contributed by atoms with E-state index < -0.39 is 11.6 Å². The summed E-state index contributed by atoms with van der Waals surface area (Å²) in [4.78, 5) is 2.51. The molecule has 2 bridgehead atoms. The molecule has 2 aliphatic rings. The van der Waals surface area contributed by atoms with Gasteiger partial charge in [0, 0.05) is 24.2 Å². The van der Waals surface area contributed by atoms with Crippen LogP contribution in [0.2, 0.25) is 0 Å². The average Bonchev–Trinajstić information content (AvgIpc) is 2.65. The first-order chi connectivity index (χ1) is 12.7. The highest BCUT2D eigenvalue weighted by molar-refractivity contribution is 5.69. The molecule has 0 radical (unpaired) electrons. The largest absolute Gasteiger partial charge is 0.494 e. The van der Waals surface area contributed by atoms with Crippen LogP contribution in [0, 0.1) is 11.6 Å². The first kappa shape index (κ1) is 17.2. The number of nitrogens with zero attached hydrogens (tertiary/aromatic N) is 1. The van der Waals surface area contributed by atoms with Gasteiger partial charge in [-0.05, 0) is 42.5 Å². The Labute approximate surface area is 153 Å². The summed E-state index contributed by atoms with van der Waals surface area (Å²) in [5, 5.41) is 0. The Kier molecular flexibility index (Phi) is 4.77. The van der Waals surface area contributed by atoms with E-state index in [9.17, 15) is 8.78 Å². The maximum absolute atomic E-state index is 14.5. The molecule has 2 aromatic rings. The minimum atomic E-state index is -0.900. The second kappa shape index (κ2) is 7.20. The zero-order valence-electron chi connectivity index (χ0n) is 14.9. The topological polar surface area (TPSA) is 12.5 Å². The molecular weight excluding hydrogens is 332 g/mol. The van der Waals surface area contributed by atoms with Crippen molar-refractivity contribution in [3.63, 3.8) is 0 Å². The van der Waals surface area contributed by atoms with Crippen molar-refractivity contribution < 1.29 is 13.5 Å². The van der Waals surface area contributed by atoms with E-state index in [0.717, 1.165) is 31.4 Å². The van der Waals surface area contributed by atoms with Crippen LogP contribution in [0.5, 0.6) is 5.75 Å². The quantitative estimate of drug-likeness (QED) is 0.749. The van der Waals surface area contributed by atoms with Crippen molar-refractivity contribution in [1.82, 2.24) is 4.90 Å². The third kappa shape index (κ3) is 3.14. The molecule has 2 heterocycles. The number of fused-ring (bicyclic) bond motifs is 2. The van der Waals surface area contributed by atoms with Crippen LogP contribution in [0.15, 0.2) is 48.5 Å². The number of hydrogen-bond acceptors (Lipinski definition) is 2. The molecule has 0 aliphatic carbocycles. The van der Waals surface area contributed by atoms with Crippen molar-refractivity contribution in [2.24, 2.45) is 0 Å². The lowest BCUT2D eigenvalue weighted by Crippen LogP contribution is -2.47. The molecule has 1 fully saturated rings. The molecule has 0 amide bonds. The van der Waals surface area contributed by atoms with Crippen LogP contribution in [0.3, 0.4) is 0 Å². The van der Waals surface area contributed by atoms with Crippen LogP contribution < -0.4 is 4.74 Å². The van der Waals surface area contributed by atoms with Gasteiger partial charge in [-0.15, -0.1) is 0 Å². The van der Waals surface area contributed by atoms with Crippen LogP contribution in [-0.2, 0) is 6.54 Å². The zero-order chi connectivity index (χ0) is 18.1. The Morgan fingerprint density at radius 3 is 2.58 bits per heavy atom. The third-order valence-corrected chi connectivity index (χ3v) is 5.60. The second-order valence-corrected chi connectivity index (χ2v) is 7.15. The summed E-state index contributed by atoms with van der Waals surface area (Å²) >= 11 is 0. The van der Waals surface area contributed by atoms with Gasteiger partial charge in [0.15, 0.2) is 11.6 Å². The normalized spacial score (nSPS) is 22.8. The molecule has 2 aliphatic heterocycles. The van der Waals surface area contributed by atoms with E-state index in [1.807, 2.05) is 6.07 Å². The maximum atomic E-state index is 14.5. The van der Waals surface area contributed by atoms with E-state index in [4.69, 9.17) is 4.74 Å². The fourth-order valence-electron chi connectivity index (χ4n) is 4.30. The molecule has 0 saturated carbocycles. The van der Waals surface area contributed by atoms with E-state index in [1.165, 1.54) is 25.2 Å². The van der Waals surface area contributed by atoms with Crippen LogP contribution in [0.25, 0.3) is 5.57 Å². The van der Waals surface area contributed by atoms with Crippen molar-refractivity contribution in [2.45, 2.75) is 44.3 Å². The van der Waals surface area contributed by atoms with Crippen LogP contribution >= 0.6 is 0 Å². The molecule has 2 atom stereocenters. The molecule has 136 valence electrons. The standard InChI is InChI=1S/C22H23F2NO/c1-26-20-11-10-19(21(23)22(20)24)16-12-17-8-5-9-18(13-16)25(17)14-15-6-3-2-4-7-15/h2-4,6-7,10-12,17-18H,5,8-9,13-14H2,1H3. The summed E-state index contributed by atoms with van der Waals surface area (Å²) in [7, 11) is 1.35. The van der Waals surface area contributed by atoms with E-state index in [0.29, 0.717) is 11.6 Å². The van der Waals surface area contributed by atoms with Gasteiger partial charge in [-0.2, -0.15) is 4.39 Å². The predicted molar refractivity (Wildman–Crippen MR) is 98.9 cm³/mol. The predicted octanol–water partition coefficient (Wildman–Crippen LogP) is 5.18. The van der Waals surface area contributed by atoms with Crippen LogP contribution in [0.1, 0.15) is 36.8 Å². The summed E-state index contributed by atoms with van der Waals surface area (Å²) in [5.41, 5.74) is 2.59. The molecule has 4 rings (SSSR count). The lowest BCUT2D eigenvalue weighted by Gasteiger charge is -2.45.